The molecule has 0 saturated carbocycles. The maximum absolute atomic E-state index is 12.8. The molecular formula is C20H19ClN4O4S3. The maximum Gasteiger partial charge on any atom is 0.267 e. The molecule has 2 heterocycles. The average molecular weight is 511 g/mol. The van der Waals surface area contributed by atoms with Gasteiger partial charge in [-0.15, -0.1) is 10.2 Å². The number of carbonyl (C=O) groups is 1. The normalized spacial score (nSPS) is 16.1. The Hall–Kier alpha value is -2.34. The highest BCUT2D eigenvalue weighted by Crippen LogP contribution is 2.36. The third kappa shape index (κ3) is 5.52. The fraction of sp³-hybridized carbons (Fsp3) is 0.250. The Labute approximate surface area is 199 Å². The summed E-state index contributed by atoms with van der Waals surface area (Å²) >= 11 is 8.85. The van der Waals surface area contributed by atoms with E-state index in [1.165, 1.54) is 39.0 Å². The molecule has 4 rings (SSSR count). The van der Waals surface area contributed by atoms with Gasteiger partial charge in [-0.25, -0.2) is 8.42 Å². The summed E-state index contributed by atoms with van der Waals surface area (Å²) in [6.07, 6.45) is 0.374. The van der Waals surface area contributed by atoms with Crippen molar-refractivity contribution in [1.82, 2.24) is 10.2 Å². The van der Waals surface area contributed by atoms with Crippen LogP contribution in [0.2, 0.25) is 5.02 Å². The zero-order valence-corrected chi connectivity index (χ0v) is 20.1. The lowest BCUT2D eigenvalue weighted by Gasteiger charge is -2.21. The van der Waals surface area contributed by atoms with Gasteiger partial charge in [0, 0.05) is 23.7 Å². The molecule has 2 aromatic carbocycles. The van der Waals surface area contributed by atoms with Crippen LogP contribution >= 0.6 is 34.7 Å². The van der Waals surface area contributed by atoms with E-state index in [4.69, 9.17) is 16.3 Å². The lowest BCUT2D eigenvalue weighted by molar-refractivity contribution is -0.122. The van der Waals surface area contributed by atoms with Crippen LogP contribution in [-0.4, -0.2) is 43.4 Å². The van der Waals surface area contributed by atoms with E-state index in [1.54, 1.807) is 12.1 Å². The number of sulfonamides is 1. The van der Waals surface area contributed by atoms with Crippen LogP contribution in [0.4, 0.5) is 10.8 Å². The van der Waals surface area contributed by atoms with Crippen LogP contribution in [0.3, 0.4) is 0 Å². The number of amides is 1. The Morgan fingerprint density at radius 1 is 1.28 bits per heavy atom. The highest BCUT2D eigenvalue weighted by atomic mass is 35.5. The summed E-state index contributed by atoms with van der Waals surface area (Å²) < 4.78 is 32.3. The molecule has 0 radical (unpaired) electrons. The number of fused-ring (bicyclic) bond motifs is 1. The molecule has 0 bridgehead atoms. The van der Waals surface area contributed by atoms with Crippen LogP contribution in [0.25, 0.3) is 0 Å². The standard InChI is InChI=1S/C20H19ClN4O4S3/c1-32(27,28)25-10-9-17(29-16-8-7-14(21)11-15(16)25)18(26)22-19-23-24-20(31-19)30-12-13-5-3-2-4-6-13/h2-8,11,17H,9-10,12H2,1H3,(H,22,23,26). The summed E-state index contributed by atoms with van der Waals surface area (Å²) in [4.78, 5) is 12.8. The van der Waals surface area contributed by atoms with Gasteiger partial charge in [0.2, 0.25) is 15.2 Å². The summed E-state index contributed by atoms with van der Waals surface area (Å²) in [6.45, 7) is 0.0819. The van der Waals surface area contributed by atoms with Gasteiger partial charge in [0.15, 0.2) is 10.4 Å². The molecule has 1 N–H and O–H groups in total. The van der Waals surface area contributed by atoms with Crippen molar-refractivity contribution in [1.29, 1.82) is 0 Å². The van der Waals surface area contributed by atoms with Crippen LogP contribution in [0.1, 0.15) is 12.0 Å². The number of hydrogen-bond acceptors (Lipinski definition) is 8. The first-order valence-electron chi connectivity index (χ1n) is 9.54. The molecule has 1 aliphatic rings. The minimum absolute atomic E-state index is 0.0819. The van der Waals surface area contributed by atoms with Crippen LogP contribution in [0.15, 0.2) is 52.9 Å². The molecule has 3 aromatic rings. The topological polar surface area (TPSA) is 101 Å². The number of carbonyl (C=O) groups excluding carboxylic acids is 1. The van der Waals surface area contributed by atoms with Gasteiger partial charge in [-0.1, -0.05) is 65.0 Å². The minimum Gasteiger partial charge on any atom is -0.478 e. The number of rotatable bonds is 6. The lowest BCUT2D eigenvalue weighted by Crippen LogP contribution is -2.35. The zero-order chi connectivity index (χ0) is 22.7. The highest BCUT2D eigenvalue weighted by molar-refractivity contribution is 8.00. The van der Waals surface area contributed by atoms with Gasteiger partial charge in [-0.3, -0.25) is 14.4 Å². The number of thioether (sulfide) groups is 1. The van der Waals surface area contributed by atoms with Crippen molar-refractivity contribution in [3.63, 3.8) is 0 Å². The molecular weight excluding hydrogens is 492 g/mol. The number of anilines is 2. The van der Waals surface area contributed by atoms with Gasteiger partial charge in [-0.05, 0) is 23.8 Å². The van der Waals surface area contributed by atoms with E-state index in [0.717, 1.165) is 16.3 Å². The quantitative estimate of drug-likeness (QED) is 0.394. The zero-order valence-electron chi connectivity index (χ0n) is 16.9. The smallest absolute Gasteiger partial charge is 0.267 e. The number of halogens is 1. The fourth-order valence-electron chi connectivity index (χ4n) is 3.11. The third-order valence-electron chi connectivity index (χ3n) is 4.59. The summed E-state index contributed by atoms with van der Waals surface area (Å²) in [6, 6.07) is 14.6. The molecule has 168 valence electrons. The highest BCUT2D eigenvalue weighted by Gasteiger charge is 2.31. The summed E-state index contributed by atoms with van der Waals surface area (Å²) in [5.41, 5.74) is 1.48. The second-order valence-corrected chi connectivity index (χ2v) is 11.5. The van der Waals surface area contributed by atoms with E-state index >= 15 is 0 Å². The monoisotopic (exact) mass is 510 g/mol. The molecule has 1 amide bonds. The molecule has 12 heteroatoms. The number of benzene rings is 2. The Balaban J connectivity index is 1.44. The Kier molecular flexibility index (Phi) is 6.89. The number of nitrogens with zero attached hydrogens (tertiary/aromatic N) is 3. The molecule has 0 spiro atoms. The number of ether oxygens (including phenoxy) is 1. The van der Waals surface area contributed by atoms with Crippen molar-refractivity contribution >= 4 is 61.4 Å². The predicted octanol–water partition coefficient (Wildman–Crippen LogP) is 4.04. The average Bonchev–Trinajstić information content (AvgIpc) is 3.10. The molecule has 0 aliphatic carbocycles. The second kappa shape index (κ2) is 9.65. The van der Waals surface area contributed by atoms with Crippen molar-refractivity contribution in [2.75, 3.05) is 22.4 Å². The summed E-state index contributed by atoms with van der Waals surface area (Å²) in [5.74, 6) is 0.599. The van der Waals surface area contributed by atoms with E-state index in [9.17, 15) is 13.2 Å². The van der Waals surface area contributed by atoms with E-state index < -0.39 is 22.0 Å². The van der Waals surface area contributed by atoms with Gasteiger partial charge in [0.25, 0.3) is 5.91 Å². The van der Waals surface area contributed by atoms with E-state index in [0.29, 0.717) is 15.8 Å². The van der Waals surface area contributed by atoms with Crippen LogP contribution in [0.5, 0.6) is 5.75 Å². The number of aromatic nitrogens is 2. The Bertz CT molecular complexity index is 1220. The van der Waals surface area contributed by atoms with Crippen molar-refractivity contribution in [2.24, 2.45) is 0 Å². The second-order valence-electron chi connectivity index (χ2n) is 6.98. The molecule has 1 atom stereocenters. The maximum atomic E-state index is 12.8. The first-order valence-corrected chi connectivity index (χ1v) is 13.6. The molecule has 1 unspecified atom stereocenters. The van der Waals surface area contributed by atoms with Gasteiger partial charge in [0.1, 0.15) is 5.75 Å². The number of hydrogen-bond donors (Lipinski definition) is 1. The predicted molar refractivity (Wildman–Crippen MR) is 127 cm³/mol. The Morgan fingerprint density at radius 3 is 2.81 bits per heavy atom. The van der Waals surface area contributed by atoms with Gasteiger partial charge in [0.05, 0.1) is 11.9 Å². The molecule has 1 aromatic heterocycles. The molecule has 8 nitrogen and oxygen atoms in total. The van der Waals surface area contributed by atoms with Crippen molar-refractivity contribution in [3.05, 3.63) is 59.1 Å². The van der Waals surface area contributed by atoms with Crippen LogP contribution in [-0.2, 0) is 20.6 Å². The number of nitrogens with one attached hydrogen (secondary N) is 1. The molecule has 0 fully saturated rings. The van der Waals surface area contributed by atoms with E-state index in [2.05, 4.69) is 15.5 Å². The van der Waals surface area contributed by atoms with E-state index in [1.807, 2.05) is 30.3 Å². The van der Waals surface area contributed by atoms with Crippen molar-refractivity contribution in [3.8, 4) is 5.75 Å². The first-order chi connectivity index (χ1) is 15.3. The molecule has 1 aliphatic heterocycles. The SMILES string of the molecule is CS(=O)(=O)N1CCC(C(=O)Nc2nnc(SCc3ccccc3)s2)Oc2ccc(Cl)cc21. The lowest BCUT2D eigenvalue weighted by atomic mass is 10.2. The largest absolute Gasteiger partial charge is 0.478 e. The van der Waals surface area contributed by atoms with Crippen molar-refractivity contribution < 1.29 is 17.9 Å². The molecule has 32 heavy (non-hydrogen) atoms. The van der Waals surface area contributed by atoms with Gasteiger partial charge >= 0.3 is 0 Å². The molecule has 0 saturated heterocycles. The minimum atomic E-state index is -3.57. The first kappa shape index (κ1) is 22.8. The Morgan fingerprint density at radius 2 is 2.06 bits per heavy atom. The summed E-state index contributed by atoms with van der Waals surface area (Å²) in [7, 11) is -3.57. The van der Waals surface area contributed by atoms with Gasteiger partial charge in [-0.2, -0.15) is 0 Å². The van der Waals surface area contributed by atoms with Crippen molar-refractivity contribution in [2.45, 2.75) is 22.6 Å². The summed E-state index contributed by atoms with van der Waals surface area (Å²) in [5, 5.41) is 11.6. The van der Waals surface area contributed by atoms with E-state index in [-0.39, 0.29) is 18.7 Å². The van der Waals surface area contributed by atoms with Gasteiger partial charge < -0.3 is 4.74 Å². The third-order valence-corrected chi connectivity index (χ3v) is 8.05. The van der Waals surface area contributed by atoms with Crippen LogP contribution in [0, 0.1) is 0 Å². The fourth-order valence-corrected chi connectivity index (χ4v) is 5.92. The van der Waals surface area contributed by atoms with Crippen LogP contribution < -0.4 is 14.4 Å².